The SMILES string of the molecule is CC(C)(C)OC(=O)C(O)(O)C(=O)c1ccco1. The van der Waals surface area contributed by atoms with Crippen molar-refractivity contribution in [1.29, 1.82) is 0 Å². The number of carbonyl (C=O) groups is 2. The molecule has 0 saturated carbocycles. The van der Waals surface area contributed by atoms with Crippen LogP contribution in [0.1, 0.15) is 31.3 Å². The fourth-order valence-corrected chi connectivity index (χ4v) is 1.02. The summed E-state index contributed by atoms with van der Waals surface area (Å²) in [5.74, 6) is -6.28. The Balaban J connectivity index is 2.88. The van der Waals surface area contributed by atoms with Gasteiger partial charge in [-0.15, -0.1) is 0 Å². The molecular formula is C11H14O6. The van der Waals surface area contributed by atoms with Gasteiger partial charge in [-0.2, -0.15) is 0 Å². The Bertz CT molecular complexity index is 410. The van der Waals surface area contributed by atoms with E-state index in [0.29, 0.717) is 0 Å². The molecule has 0 amide bonds. The van der Waals surface area contributed by atoms with Gasteiger partial charge >= 0.3 is 11.8 Å². The van der Waals surface area contributed by atoms with Gasteiger partial charge in [0.2, 0.25) is 0 Å². The number of aliphatic hydroxyl groups is 2. The van der Waals surface area contributed by atoms with Crippen molar-refractivity contribution in [2.45, 2.75) is 32.2 Å². The fourth-order valence-electron chi connectivity index (χ4n) is 1.02. The van der Waals surface area contributed by atoms with Gasteiger partial charge in [0.15, 0.2) is 5.76 Å². The highest BCUT2D eigenvalue weighted by molar-refractivity contribution is 6.12. The first-order valence-electron chi connectivity index (χ1n) is 4.91. The molecule has 6 nitrogen and oxygen atoms in total. The first kappa shape index (κ1) is 13.4. The maximum atomic E-state index is 11.6. The molecule has 94 valence electrons. The molecule has 0 unspecified atom stereocenters. The van der Waals surface area contributed by atoms with E-state index in [0.717, 1.165) is 0 Å². The molecule has 1 rings (SSSR count). The summed E-state index contributed by atoms with van der Waals surface area (Å²) in [5.41, 5.74) is -0.933. The van der Waals surface area contributed by atoms with Crippen LogP contribution in [0.3, 0.4) is 0 Å². The molecule has 6 heteroatoms. The molecular weight excluding hydrogens is 228 g/mol. The summed E-state index contributed by atoms with van der Waals surface area (Å²) in [4.78, 5) is 23.0. The molecule has 1 aromatic rings. The average Bonchev–Trinajstić information content (AvgIpc) is 2.66. The Morgan fingerprint density at radius 2 is 1.88 bits per heavy atom. The maximum absolute atomic E-state index is 11.6. The van der Waals surface area contributed by atoms with E-state index in [1.54, 1.807) is 20.8 Å². The van der Waals surface area contributed by atoms with Crippen LogP contribution in [0, 0.1) is 0 Å². The van der Waals surface area contributed by atoms with Crippen LogP contribution in [-0.2, 0) is 9.53 Å². The molecule has 0 aliphatic rings. The van der Waals surface area contributed by atoms with Crippen LogP contribution in [-0.4, -0.2) is 33.4 Å². The Kier molecular flexibility index (Phi) is 3.40. The van der Waals surface area contributed by atoms with Gasteiger partial charge in [-0.25, -0.2) is 4.79 Å². The lowest BCUT2D eigenvalue weighted by molar-refractivity contribution is -0.203. The molecule has 0 aliphatic heterocycles. The number of esters is 1. The summed E-state index contributed by atoms with van der Waals surface area (Å²) in [5, 5.41) is 18.9. The van der Waals surface area contributed by atoms with Crippen LogP contribution in [0.5, 0.6) is 0 Å². The van der Waals surface area contributed by atoms with Crippen LogP contribution >= 0.6 is 0 Å². The number of Topliss-reactive ketones (excluding diaryl/α,β-unsaturated/α-hetero) is 1. The second-order valence-electron chi connectivity index (χ2n) is 4.48. The summed E-state index contributed by atoms with van der Waals surface area (Å²) < 4.78 is 9.40. The Hall–Kier alpha value is -1.66. The number of carbonyl (C=O) groups excluding carboxylic acids is 2. The first-order valence-corrected chi connectivity index (χ1v) is 4.91. The van der Waals surface area contributed by atoms with Crippen molar-refractivity contribution in [2.24, 2.45) is 0 Å². The molecule has 0 bridgehead atoms. The van der Waals surface area contributed by atoms with E-state index in [-0.39, 0.29) is 5.76 Å². The van der Waals surface area contributed by atoms with Crippen LogP contribution in [0.15, 0.2) is 22.8 Å². The summed E-state index contributed by atoms with van der Waals surface area (Å²) >= 11 is 0. The van der Waals surface area contributed by atoms with E-state index in [1.165, 1.54) is 18.4 Å². The van der Waals surface area contributed by atoms with Crippen molar-refractivity contribution in [3.05, 3.63) is 24.2 Å². The van der Waals surface area contributed by atoms with Crippen LogP contribution in [0.25, 0.3) is 0 Å². The monoisotopic (exact) mass is 242 g/mol. The molecule has 1 aromatic heterocycles. The van der Waals surface area contributed by atoms with Gasteiger partial charge in [-0.1, -0.05) is 0 Å². The van der Waals surface area contributed by atoms with Gasteiger partial charge in [0, 0.05) is 0 Å². The zero-order chi connectivity index (χ0) is 13.3. The summed E-state index contributed by atoms with van der Waals surface area (Å²) in [6.45, 7) is 4.62. The minimum atomic E-state index is -3.24. The average molecular weight is 242 g/mol. The van der Waals surface area contributed by atoms with Crippen LogP contribution in [0.4, 0.5) is 0 Å². The Morgan fingerprint density at radius 3 is 2.29 bits per heavy atom. The molecule has 0 atom stereocenters. The van der Waals surface area contributed by atoms with E-state index in [9.17, 15) is 19.8 Å². The standard InChI is InChI=1S/C11H14O6/c1-10(2,3)17-9(13)11(14,15)8(12)7-5-4-6-16-7/h4-6,14-15H,1-3H3. The predicted molar refractivity (Wildman–Crippen MR) is 56.1 cm³/mol. The van der Waals surface area contributed by atoms with E-state index >= 15 is 0 Å². The first-order chi connectivity index (χ1) is 7.64. The van der Waals surface area contributed by atoms with Crippen molar-refractivity contribution in [1.82, 2.24) is 0 Å². The number of hydrogen-bond donors (Lipinski definition) is 2. The second kappa shape index (κ2) is 4.31. The molecule has 1 heterocycles. The van der Waals surface area contributed by atoms with Gasteiger partial charge in [-0.3, -0.25) is 4.79 Å². The summed E-state index contributed by atoms with van der Waals surface area (Å²) in [7, 11) is 0. The Morgan fingerprint density at radius 1 is 1.29 bits per heavy atom. The highest BCUT2D eigenvalue weighted by atomic mass is 16.6. The van der Waals surface area contributed by atoms with Crippen molar-refractivity contribution >= 4 is 11.8 Å². The third-order valence-corrected chi connectivity index (χ3v) is 1.75. The van der Waals surface area contributed by atoms with E-state index < -0.39 is 23.1 Å². The third kappa shape index (κ3) is 3.15. The van der Waals surface area contributed by atoms with Crippen molar-refractivity contribution in [3.8, 4) is 0 Å². The molecule has 0 spiro atoms. The lowest BCUT2D eigenvalue weighted by Crippen LogP contribution is -2.49. The number of hydrogen-bond acceptors (Lipinski definition) is 6. The number of furan rings is 1. The summed E-state index contributed by atoms with van der Waals surface area (Å²) in [6.07, 6.45) is 1.18. The molecule has 2 N–H and O–H groups in total. The second-order valence-corrected chi connectivity index (χ2v) is 4.48. The molecule has 17 heavy (non-hydrogen) atoms. The van der Waals surface area contributed by atoms with E-state index in [2.05, 4.69) is 4.42 Å². The molecule has 0 radical (unpaired) electrons. The number of ether oxygens (including phenoxy) is 1. The Labute approximate surface area is 97.8 Å². The van der Waals surface area contributed by atoms with Gasteiger partial charge in [0.1, 0.15) is 5.60 Å². The van der Waals surface area contributed by atoms with Gasteiger partial charge in [0.05, 0.1) is 6.26 Å². The van der Waals surface area contributed by atoms with Crippen molar-refractivity contribution in [3.63, 3.8) is 0 Å². The lowest BCUT2D eigenvalue weighted by atomic mass is 10.1. The van der Waals surface area contributed by atoms with Gasteiger partial charge in [0.25, 0.3) is 5.78 Å². The minimum absolute atomic E-state index is 0.333. The molecule has 0 saturated heterocycles. The largest absolute Gasteiger partial charge is 0.461 e. The fraction of sp³-hybridized carbons (Fsp3) is 0.455. The molecule has 0 fully saturated rings. The molecule has 0 aromatic carbocycles. The zero-order valence-corrected chi connectivity index (χ0v) is 9.76. The minimum Gasteiger partial charge on any atom is -0.461 e. The number of rotatable bonds is 3. The predicted octanol–water partition coefficient (Wildman–Crippen LogP) is 0.485. The zero-order valence-electron chi connectivity index (χ0n) is 9.76. The van der Waals surface area contributed by atoms with Gasteiger partial charge < -0.3 is 19.4 Å². The third-order valence-electron chi connectivity index (χ3n) is 1.75. The maximum Gasteiger partial charge on any atom is 0.376 e. The van der Waals surface area contributed by atoms with E-state index in [1.807, 2.05) is 0 Å². The summed E-state index contributed by atoms with van der Waals surface area (Å²) in [6, 6.07) is 2.60. The van der Waals surface area contributed by atoms with Gasteiger partial charge in [-0.05, 0) is 32.9 Å². The number of ketones is 1. The van der Waals surface area contributed by atoms with Crippen molar-refractivity contribution in [2.75, 3.05) is 0 Å². The molecule has 0 aliphatic carbocycles. The van der Waals surface area contributed by atoms with Crippen LogP contribution in [0.2, 0.25) is 0 Å². The smallest absolute Gasteiger partial charge is 0.376 e. The quantitative estimate of drug-likeness (QED) is 0.346. The lowest BCUT2D eigenvalue weighted by Gasteiger charge is -2.24. The normalized spacial score (nSPS) is 12.3. The van der Waals surface area contributed by atoms with Crippen LogP contribution < -0.4 is 0 Å². The highest BCUT2D eigenvalue weighted by Crippen LogP contribution is 2.17. The topological polar surface area (TPSA) is 97.0 Å². The van der Waals surface area contributed by atoms with E-state index in [4.69, 9.17) is 4.74 Å². The van der Waals surface area contributed by atoms with Crippen molar-refractivity contribution < 1.29 is 29.0 Å². The highest BCUT2D eigenvalue weighted by Gasteiger charge is 2.47.